The number of benzene rings is 2. The highest BCUT2D eigenvalue weighted by atomic mass is 32.2. The Morgan fingerprint density at radius 3 is 2.66 bits per heavy atom. The molecule has 6 rings (SSSR count). The minimum absolute atomic E-state index is 0.0213. The van der Waals surface area contributed by atoms with Gasteiger partial charge in [0.2, 0.25) is 0 Å². The molecule has 38 heavy (non-hydrogen) atoms. The summed E-state index contributed by atoms with van der Waals surface area (Å²) in [6.07, 6.45) is 3.86. The van der Waals surface area contributed by atoms with Crippen LogP contribution in [0.4, 0.5) is 10.5 Å². The largest absolute Gasteiger partial charge is 0.457 e. The number of anilines is 1. The first-order chi connectivity index (χ1) is 18.4. The highest BCUT2D eigenvalue weighted by Gasteiger charge is 2.52. The van der Waals surface area contributed by atoms with Gasteiger partial charge in [0.1, 0.15) is 11.5 Å². The molecule has 1 saturated carbocycles. The lowest BCUT2D eigenvalue weighted by molar-refractivity contribution is -0.117. The van der Waals surface area contributed by atoms with Crippen LogP contribution >= 0.6 is 11.8 Å². The van der Waals surface area contributed by atoms with E-state index < -0.39 is 0 Å². The van der Waals surface area contributed by atoms with Gasteiger partial charge in [-0.2, -0.15) is 0 Å². The minimum Gasteiger partial charge on any atom is -0.457 e. The zero-order valence-electron chi connectivity index (χ0n) is 22.1. The molecule has 200 valence electrons. The van der Waals surface area contributed by atoms with Crippen LogP contribution in [0, 0.1) is 12.8 Å². The number of aryl methyl sites for hydroxylation is 1. The maximum atomic E-state index is 13.6. The maximum absolute atomic E-state index is 13.6. The maximum Gasteiger partial charge on any atom is 0.326 e. The van der Waals surface area contributed by atoms with E-state index in [9.17, 15) is 9.59 Å². The van der Waals surface area contributed by atoms with Crippen LogP contribution in [0.3, 0.4) is 0 Å². The standard InChI is InChI=1S/C29H35N5O3S/c1-17-15-21(37-20-7-5-4-6-8-20)11-12-22(17)34-23-13-14-30-28-24(23)25(32-29(34)36)26(38-28)27(35)31-18-9-10-19(16-18)33(2)3/h4-8,11-12,15,18-19,23-24,28,30H,9-10,13-14,16H2,1-3H3,(H,31,35)(H,32,36)/t18-,19+,23?,24?,28?/m0/s1. The van der Waals surface area contributed by atoms with E-state index >= 15 is 0 Å². The van der Waals surface area contributed by atoms with E-state index in [-0.39, 0.29) is 35.3 Å². The Hall–Kier alpha value is -3.01. The Morgan fingerprint density at radius 2 is 1.92 bits per heavy atom. The molecule has 8 nitrogen and oxygen atoms in total. The number of nitrogens with zero attached hydrogens (tertiary/aromatic N) is 2. The molecule has 0 radical (unpaired) electrons. The van der Waals surface area contributed by atoms with Gasteiger partial charge in [0.25, 0.3) is 5.91 Å². The molecule has 3 amide bonds. The number of nitrogens with one attached hydrogen (secondary N) is 3. The van der Waals surface area contributed by atoms with Crippen molar-refractivity contribution in [2.75, 3.05) is 25.5 Å². The number of amides is 3. The van der Waals surface area contributed by atoms with Crippen molar-refractivity contribution in [1.82, 2.24) is 20.9 Å². The van der Waals surface area contributed by atoms with Crippen LogP contribution in [-0.2, 0) is 4.79 Å². The minimum atomic E-state index is -0.178. The fourth-order valence-corrected chi connectivity index (χ4v) is 7.70. The molecule has 9 heteroatoms. The Morgan fingerprint density at radius 1 is 1.11 bits per heavy atom. The topological polar surface area (TPSA) is 85.9 Å². The van der Waals surface area contributed by atoms with E-state index in [1.807, 2.05) is 60.4 Å². The van der Waals surface area contributed by atoms with Crippen molar-refractivity contribution in [2.45, 2.75) is 56.1 Å². The number of carbonyl (C=O) groups is 2. The van der Waals surface area contributed by atoms with Crippen LogP contribution < -0.4 is 25.6 Å². The Labute approximate surface area is 228 Å². The molecule has 2 aromatic carbocycles. The monoisotopic (exact) mass is 533 g/mol. The molecular formula is C29H35N5O3S. The average molecular weight is 534 g/mol. The van der Waals surface area contributed by atoms with Gasteiger partial charge in [0.05, 0.1) is 16.3 Å². The zero-order valence-corrected chi connectivity index (χ0v) is 22.9. The lowest BCUT2D eigenvalue weighted by atomic mass is 9.86. The summed E-state index contributed by atoms with van der Waals surface area (Å²) in [4.78, 5) is 31.8. The smallest absolute Gasteiger partial charge is 0.326 e. The van der Waals surface area contributed by atoms with Crippen molar-refractivity contribution in [3.8, 4) is 11.5 Å². The van der Waals surface area contributed by atoms with Gasteiger partial charge in [0, 0.05) is 29.4 Å². The number of para-hydroxylation sites is 1. The number of urea groups is 1. The molecule has 3 heterocycles. The third kappa shape index (κ3) is 4.67. The van der Waals surface area contributed by atoms with Crippen molar-refractivity contribution in [3.63, 3.8) is 0 Å². The second-order valence-corrected chi connectivity index (χ2v) is 12.0. The van der Waals surface area contributed by atoms with E-state index in [0.29, 0.717) is 10.9 Å². The molecule has 5 atom stereocenters. The first-order valence-corrected chi connectivity index (χ1v) is 14.3. The second-order valence-electron chi connectivity index (χ2n) is 10.9. The number of ether oxygens (including phenoxy) is 1. The first-order valence-electron chi connectivity index (χ1n) is 13.4. The SMILES string of the molecule is Cc1cc(Oc2ccccc2)ccc1N1C(=O)NC2=C(C(=O)N[C@H]3CC[C@@H](N(C)C)C3)SC3NCCC1C23. The fourth-order valence-electron chi connectivity index (χ4n) is 6.30. The van der Waals surface area contributed by atoms with E-state index in [1.54, 1.807) is 11.8 Å². The number of hydrogen-bond donors (Lipinski definition) is 3. The molecule has 3 unspecified atom stereocenters. The molecule has 4 aliphatic rings. The average Bonchev–Trinajstić information content (AvgIpc) is 3.52. The molecule has 2 saturated heterocycles. The predicted octanol–water partition coefficient (Wildman–Crippen LogP) is 4.18. The second kappa shape index (κ2) is 10.3. The van der Waals surface area contributed by atoms with Crippen molar-refractivity contribution in [1.29, 1.82) is 0 Å². The molecule has 2 aromatic rings. The van der Waals surface area contributed by atoms with Crippen molar-refractivity contribution in [3.05, 3.63) is 64.7 Å². The summed E-state index contributed by atoms with van der Waals surface area (Å²) in [5.74, 6) is 1.48. The lowest BCUT2D eigenvalue weighted by Gasteiger charge is -2.46. The van der Waals surface area contributed by atoms with E-state index in [0.717, 1.165) is 60.7 Å². The number of thioether (sulfide) groups is 1. The van der Waals surface area contributed by atoms with Crippen LogP contribution in [-0.4, -0.2) is 61.0 Å². The zero-order chi connectivity index (χ0) is 26.4. The van der Waals surface area contributed by atoms with Crippen LogP contribution in [0.15, 0.2) is 59.1 Å². The first kappa shape index (κ1) is 25.3. The quantitative estimate of drug-likeness (QED) is 0.517. The van der Waals surface area contributed by atoms with Gasteiger partial charge in [-0.1, -0.05) is 30.0 Å². The summed E-state index contributed by atoms with van der Waals surface area (Å²) in [5.41, 5.74) is 2.62. The molecule has 0 aromatic heterocycles. The summed E-state index contributed by atoms with van der Waals surface area (Å²) >= 11 is 1.56. The van der Waals surface area contributed by atoms with E-state index in [2.05, 4.69) is 34.9 Å². The number of hydrogen-bond acceptors (Lipinski definition) is 6. The van der Waals surface area contributed by atoms with Gasteiger partial charge < -0.3 is 25.6 Å². The molecular weight excluding hydrogens is 498 g/mol. The predicted molar refractivity (Wildman–Crippen MR) is 150 cm³/mol. The van der Waals surface area contributed by atoms with Gasteiger partial charge in [-0.15, -0.1) is 0 Å². The summed E-state index contributed by atoms with van der Waals surface area (Å²) in [6, 6.07) is 16.0. The fraction of sp³-hybridized carbons (Fsp3) is 0.448. The van der Waals surface area contributed by atoms with Crippen molar-refractivity contribution < 1.29 is 14.3 Å². The highest BCUT2D eigenvalue weighted by Crippen LogP contribution is 2.48. The van der Waals surface area contributed by atoms with Gasteiger partial charge in [-0.05, 0) is 89.1 Å². The number of piperidine rings is 1. The normalized spacial score (nSPS) is 28.4. The van der Waals surface area contributed by atoms with Crippen LogP contribution in [0.2, 0.25) is 0 Å². The molecule has 3 fully saturated rings. The third-order valence-corrected chi connectivity index (χ3v) is 9.58. The number of carbonyl (C=O) groups excluding carboxylic acids is 2. The van der Waals surface area contributed by atoms with Gasteiger partial charge in [0.15, 0.2) is 0 Å². The molecule has 0 spiro atoms. The Kier molecular flexibility index (Phi) is 6.84. The number of rotatable bonds is 6. The van der Waals surface area contributed by atoms with Gasteiger partial charge in [-0.25, -0.2) is 4.79 Å². The summed E-state index contributed by atoms with van der Waals surface area (Å²) in [6.45, 7) is 2.81. The summed E-state index contributed by atoms with van der Waals surface area (Å²) in [5, 5.41) is 10.0. The lowest BCUT2D eigenvalue weighted by Crippen LogP contribution is -2.62. The molecule has 3 aliphatic heterocycles. The summed E-state index contributed by atoms with van der Waals surface area (Å²) < 4.78 is 6.01. The highest BCUT2D eigenvalue weighted by molar-refractivity contribution is 8.04. The molecule has 0 bridgehead atoms. The van der Waals surface area contributed by atoms with Crippen LogP contribution in [0.5, 0.6) is 11.5 Å². The third-order valence-electron chi connectivity index (χ3n) is 8.22. The molecule has 1 aliphatic carbocycles. The Bertz CT molecular complexity index is 1270. The van der Waals surface area contributed by atoms with E-state index in [4.69, 9.17) is 4.74 Å². The van der Waals surface area contributed by atoms with Crippen molar-refractivity contribution in [2.24, 2.45) is 5.92 Å². The van der Waals surface area contributed by atoms with Gasteiger partial charge in [-0.3, -0.25) is 9.69 Å². The van der Waals surface area contributed by atoms with Crippen LogP contribution in [0.1, 0.15) is 31.2 Å². The van der Waals surface area contributed by atoms with Crippen LogP contribution in [0.25, 0.3) is 0 Å². The Balaban J connectivity index is 1.23. The molecule has 3 N–H and O–H groups in total. The van der Waals surface area contributed by atoms with Crippen molar-refractivity contribution >= 4 is 29.4 Å². The van der Waals surface area contributed by atoms with Gasteiger partial charge >= 0.3 is 6.03 Å². The van der Waals surface area contributed by atoms with E-state index in [1.165, 1.54) is 0 Å². The summed E-state index contributed by atoms with van der Waals surface area (Å²) in [7, 11) is 4.19.